The highest BCUT2D eigenvalue weighted by atomic mass is 35.5. The molecule has 2 rings (SSSR count). The molecule has 1 aromatic carbocycles. The van der Waals surface area contributed by atoms with Crippen molar-refractivity contribution in [2.24, 2.45) is 0 Å². The number of allylic oxidation sites excluding steroid dienone is 2. The summed E-state index contributed by atoms with van der Waals surface area (Å²) in [6.45, 7) is 0. The number of carbonyl (C=O) groups is 3. The van der Waals surface area contributed by atoms with Crippen molar-refractivity contribution in [1.82, 2.24) is 5.32 Å². The maximum atomic E-state index is 12.1. The van der Waals surface area contributed by atoms with E-state index in [9.17, 15) is 14.4 Å². The molecular weight excluding hydrogens is 277 g/mol. The normalized spacial score (nSPS) is 14.6. The van der Waals surface area contributed by atoms with Crippen molar-refractivity contribution >= 4 is 40.7 Å². The van der Waals surface area contributed by atoms with Gasteiger partial charge in [-0.25, -0.2) is 0 Å². The zero-order valence-corrected chi connectivity index (χ0v) is 10.5. The number of benzene rings is 1. The number of alkyl halides is 1. The van der Waals surface area contributed by atoms with Crippen LogP contribution in [0.1, 0.15) is 20.7 Å². The Labute approximate surface area is 113 Å². The Bertz CT molecular complexity index is 593. The maximum Gasteiger partial charge on any atom is 0.239 e. The molecular formula is C12H7Cl2NO3. The van der Waals surface area contributed by atoms with Crippen LogP contribution < -0.4 is 5.32 Å². The lowest BCUT2D eigenvalue weighted by molar-refractivity contribution is -0.117. The second-order valence-electron chi connectivity index (χ2n) is 3.57. The average Bonchev–Trinajstić information content (AvgIpc) is 2.40. The van der Waals surface area contributed by atoms with Gasteiger partial charge in [0, 0.05) is 11.1 Å². The first-order chi connectivity index (χ1) is 8.56. The lowest BCUT2D eigenvalue weighted by Gasteiger charge is -2.17. The monoisotopic (exact) mass is 283 g/mol. The smallest absolute Gasteiger partial charge is 0.239 e. The first-order valence-electron chi connectivity index (χ1n) is 5.00. The van der Waals surface area contributed by atoms with Crippen molar-refractivity contribution in [1.29, 1.82) is 0 Å². The molecule has 18 heavy (non-hydrogen) atoms. The highest BCUT2D eigenvalue weighted by Gasteiger charge is 2.31. The third kappa shape index (κ3) is 2.05. The lowest BCUT2D eigenvalue weighted by Crippen LogP contribution is -2.33. The van der Waals surface area contributed by atoms with Crippen molar-refractivity contribution < 1.29 is 14.4 Å². The van der Waals surface area contributed by atoms with Crippen LogP contribution in [0.25, 0.3) is 0 Å². The molecule has 0 spiro atoms. The number of fused-ring (bicyclic) bond motifs is 1. The van der Waals surface area contributed by atoms with Gasteiger partial charge < -0.3 is 5.32 Å². The largest absolute Gasteiger partial charge is 0.320 e. The third-order valence-corrected chi connectivity index (χ3v) is 3.05. The fourth-order valence-electron chi connectivity index (χ4n) is 1.63. The lowest BCUT2D eigenvalue weighted by atomic mass is 9.92. The van der Waals surface area contributed by atoms with Gasteiger partial charge in [-0.15, -0.1) is 11.6 Å². The zero-order valence-electron chi connectivity index (χ0n) is 9.00. The summed E-state index contributed by atoms with van der Waals surface area (Å²) in [5.74, 6) is -1.90. The van der Waals surface area contributed by atoms with Crippen LogP contribution >= 0.6 is 23.2 Å². The molecule has 0 bridgehead atoms. The minimum absolute atomic E-state index is 0.217. The Morgan fingerprint density at radius 3 is 2.22 bits per heavy atom. The predicted molar refractivity (Wildman–Crippen MR) is 66.8 cm³/mol. The van der Waals surface area contributed by atoms with Crippen LogP contribution in [0.4, 0.5) is 0 Å². The number of amides is 1. The van der Waals surface area contributed by atoms with Crippen molar-refractivity contribution in [2.45, 2.75) is 0 Å². The molecule has 1 N–H and O–H groups in total. The molecule has 6 heteroatoms. The second kappa shape index (κ2) is 4.92. The van der Waals surface area contributed by atoms with Gasteiger partial charge in [0.2, 0.25) is 17.5 Å². The van der Waals surface area contributed by atoms with Crippen molar-refractivity contribution in [2.75, 3.05) is 5.88 Å². The number of rotatable bonds is 2. The van der Waals surface area contributed by atoms with E-state index in [4.69, 9.17) is 23.2 Å². The number of hydrogen-bond acceptors (Lipinski definition) is 3. The molecule has 0 unspecified atom stereocenters. The molecule has 0 atom stereocenters. The molecule has 1 amide bonds. The molecule has 4 nitrogen and oxygen atoms in total. The minimum Gasteiger partial charge on any atom is -0.320 e. The molecule has 0 aromatic heterocycles. The maximum absolute atomic E-state index is 12.1. The van der Waals surface area contributed by atoms with E-state index in [2.05, 4.69) is 5.32 Å². The molecule has 1 aliphatic rings. The number of ketones is 2. The van der Waals surface area contributed by atoms with Crippen LogP contribution in [0, 0.1) is 0 Å². The van der Waals surface area contributed by atoms with Gasteiger partial charge in [0.05, 0.1) is 0 Å². The SMILES string of the molecule is O=C(CCl)NC1=C(Cl)C(=O)c2ccccc2C1=O. The number of carbonyl (C=O) groups excluding carboxylic acids is 3. The van der Waals surface area contributed by atoms with Gasteiger partial charge in [-0.1, -0.05) is 35.9 Å². The Kier molecular flexibility index (Phi) is 3.50. The first-order valence-corrected chi connectivity index (χ1v) is 5.91. The molecule has 92 valence electrons. The highest BCUT2D eigenvalue weighted by molar-refractivity contribution is 6.50. The van der Waals surface area contributed by atoms with Gasteiger partial charge in [-0.2, -0.15) is 0 Å². The minimum atomic E-state index is -0.592. The van der Waals surface area contributed by atoms with Gasteiger partial charge in [-0.3, -0.25) is 14.4 Å². The van der Waals surface area contributed by atoms with Crippen molar-refractivity contribution in [3.63, 3.8) is 0 Å². The summed E-state index contributed by atoms with van der Waals surface area (Å²) in [6.07, 6.45) is 0. The van der Waals surface area contributed by atoms with Crippen LogP contribution in [-0.2, 0) is 4.79 Å². The van der Waals surface area contributed by atoms with E-state index in [1.54, 1.807) is 12.1 Å². The molecule has 0 radical (unpaired) electrons. The predicted octanol–water partition coefficient (Wildman–Crippen LogP) is 1.87. The standard InChI is InChI=1S/C12H7Cl2NO3/c13-5-8(16)15-10-9(14)11(17)6-3-1-2-4-7(6)12(10)18/h1-4H,5H2,(H,15,16). The van der Waals surface area contributed by atoms with Crippen molar-refractivity contribution in [3.05, 3.63) is 46.1 Å². The number of halogens is 2. The van der Waals surface area contributed by atoms with Gasteiger partial charge >= 0.3 is 0 Å². The van der Waals surface area contributed by atoms with Gasteiger partial charge in [0.15, 0.2) is 0 Å². The Morgan fingerprint density at radius 1 is 1.11 bits per heavy atom. The molecule has 1 aromatic rings. The molecule has 0 aliphatic heterocycles. The first kappa shape index (κ1) is 12.8. The zero-order chi connectivity index (χ0) is 13.3. The fourth-order valence-corrected chi connectivity index (χ4v) is 1.93. The summed E-state index contributed by atoms with van der Waals surface area (Å²) in [7, 11) is 0. The molecule has 0 saturated heterocycles. The van der Waals surface area contributed by atoms with Crippen LogP contribution in [0.2, 0.25) is 0 Å². The molecule has 0 saturated carbocycles. The van der Waals surface area contributed by atoms with E-state index >= 15 is 0 Å². The summed E-state index contributed by atoms with van der Waals surface area (Å²) < 4.78 is 0. The highest BCUT2D eigenvalue weighted by Crippen LogP contribution is 2.26. The number of Topliss-reactive ketones (excluding diaryl/α,β-unsaturated/α-hetero) is 2. The van der Waals surface area contributed by atoms with E-state index in [1.807, 2.05) is 0 Å². The third-order valence-electron chi connectivity index (χ3n) is 2.45. The summed E-state index contributed by atoms with van der Waals surface area (Å²) in [4.78, 5) is 35.2. The average molecular weight is 284 g/mol. The quantitative estimate of drug-likeness (QED) is 0.843. The van der Waals surface area contributed by atoms with E-state index in [0.29, 0.717) is 0 Å². The second-order valence-corrected chi connectivity index (χ2v) is 4.22. The topological polar surface area (TPSA) is 63.2 Å². The van der Waals surface area contributed by atoms with Gasteiger partial charge in [-0.05, 0) is 0 Å². The number of hydrogen-bond donors (Lipinski definition) is 1. The van der Waals surface area contributed by atoms with Gasteiger partial charge in [0.1, 0.15) is 16.6 Å². The molecule has 0 heterocycles. The van der Waals surface area contributed by atoms with Crippen LogP contribution in [-0.4, -0.2) is 23.4 Å². The van der Waals surface area contributed by atoms with Crippen LogP contribution in [0.15, 0.2) is 35.0 Å². The van der Waals surface area contributed by atoms with Crippen LogP contribution in [0.3, 0.4) is 0 Å². The fraction of sp³-hybridized carbons (Fsp3) is 0.0833. The Hall–Kier alpha value is -1.65. The summed E-state index contributed by atoms with van der Waals surface area (Å²) in [5, 5.41) is 1.95. The van der Waals surface area contributed by atoms with Crippen molar-refractivity contribution in [3.8, 4) is 0 Å². The Balaban J connectivity index is 2.50. The van der Waals surface area contributed by atoms with E-state index < -0.39 is 17.5 Å². The molecule has 0 fully saturated rings. The number of nitrogens with one attached hydrogen (secondary N) is 1. The molecule has 1 aliphatic carbocycles. The van der Waals surface area contributed by atoms with E-state index in [0.717, 1.165) is 0 Å². The summed E-state index contributed by atoms with van der Waals surface area (Å²) in [5.41, 5.74) is 0.235. The van der Waals surface area contributed by atoms with E-state index in [1.165, 1.54) is 12.1 Å². The van der Waals surface area contributed by atoms with Gasteiger partial charge in [0.25, 0.3) is 0 Å². The Morgan fingerprint density at radius 2 is 1.67 bits per heavy atom. The van der Waals surface area contributed by atoms with Crippen LogP contribution in [0.5, 0.6) is 0 Å². The van der Waals surface area contributed by atoms with E-state index in [-0.39, 0.29) is 27.7 Å². The summed E-state index contributed by atoms with van der Waals surface area (Å²) in [6, 6.07) is 6.28. The summed E-state index contributed by atoms with van der Waals surface area (Å²) >= 11 is 11.1.